The van der Waals surface area contributed by atoms with E-state index in [1.165, 1.54) is 5.01 Å². The Morgan fingerprint density at radius 3 is 2.52 bits per heavy atom. The van der Waals surface area contributed by atoms with Gasteiger partial charge in [-0.25, -0.2) is 5.01 Å². The van der Waals surface area contributed by atoms with Gasteiger partial charge in [0.15, 0.2) is 0 Å². The summed E-state index contributed by atoms with van der Waals surface area (Å²) in [5.74, 6) is -0.309. The number of piperidine rings is 1. The first kappa shape index (κ1) is 19.0. The maximum atomic E-state index is 12.3. The van der Waals surface area contributed by atoms with Gasteiger partial charge < -0.3 is 10.6 Å². The fourth-order valence-corrected chi connectivity index (χ4v) is 3.26. The lowest BCUT2D eigenvalue weighted by Gasteiger charge is -2.32. The zero-order valence-electron chi connectivity index (χ0n) is 15.5. The van der Waals surface area contributed by atoms with Crippen molar-refractivity contribution < 1.29 is 14.4 Å². The number of likely N-dealkylation sites (tertiary alicyclic amines) is 1. The third kappa shape index (κ3) is 5.37. The Balaban J connectivity index is 1.41. The molecule has 8 nitrogen and oxygen atoms in total. The second-order valence-corrected chi connectivity index (χ2v) is 6.90. The van der Waals surface area contributed by atoms with Gasteiger partial charge in [-0.1, -0.05) is 18.2 Å². The first-order chi connectivity index (χ1) is 13.0. The number of hydrogen-bond donors (Lipinski definition) is 2. The number of carbonyl (C=O) groups excluding carboxylic acids is 3. The second kappa shape index (κ2) is 8.77. The number of carbonyl (C=O) groups is 3. The highest BCUT2D eigenvalue weighted by Crippen LogP contribution is 2.13. The highest BCUT2D eigenvalue weighted by Gasteiger charge is 2.26. The van der Waals surface area contributed by atoms with Crippen LogP contribution >= 0.6 is 0 Å². The van der Waals surface area contributed by atoms with Crippen molar-refractivity contribution in [3.8, 4) is 0 Å². The molecule has 1 aromatic carbocycles. The number of nitrogens with one attached hydrogen (secondary N) is 2. The Hall–Kier alpha value is -2.74. The monoisotopic (exact) mass is 371 g/mol. The van der Waals surface area contributed by atoms with Crippen LogP contribution in [0, 0.1) is 0 Å². The largest absolute Gasteiger partial charge is 0.348 e. The molecule has 0 saturated carbocycles. The minimum Gasteiger partial charge on any atom is -0.348 e. The van der Waals surface area contributed by atoms with Crippen molar-refractivity contribution >= 4 is 29.1 Å². The zero-order chi connectivity index (χ0) is 19.2. The molecule has 2 heterocycles. The molecular weight excluding hydrogens is 346 g/mol. The molecule has 1 fully saturated rings. The third-order valence-corrected chi connectivity index (χ3v) is 4.82. The summed E-state index contributed by atoms with van der Waals surface area (Å²) >= 11 is 0. The van der Waals surface area contributed by atoms with Gasteiger partial charge in [0.1, 0.15) is 5.71 Å². The Kier molecular flexibility index (Phi) is 6.18. The van der Waals surface area contributed by atoms with Crippen LogP contribution in [0.3, 0.4) is 0 Å². The molecule has 0 unspecified atom stereocenters. The van der Waals surface area contributed by atoms with E-state index in [4.69, 9.17) is 0 Å². The Morgan fingerprint density at radius 1 is 1.15 bits per heavy atom. The van der Waals surface area contributed by atoms with Gasteiger partial charge >= 0.3 is 0 Å². The summed E-state index contributed by atoms with van der Waals surface area (Å²) in [5.41, 5.74) is 1.20. The predicted molar refractivity (Wildman–Crippen MR) is 102 cm³/mol. The van der Waals surface area contributed by atoms with Crippen LogP contribution in [0.4, 0.5) is 5.69 Å². The molecule has 27 heavy (non-hydrogen) atoms. The topological polar surface area (TPSA) is 94.1 Å². The van der Waals surface area contributed by atoms with Crippen molar-refractivity contribution in [1.29, 1.82) is 0 Å². The molecule has 0 aromatic heterocycles. The molecule has 2 N–H and O–H groups in total. The molecule has 3 rings (SSSR count). The number of benzene rings is 1. The lowest BCUT2D eigenvalue weighted by molar-refractivity contribution is -0.130. The second-order valence-electron chi connectivity index (χ2n) is 6.90. The van der Waals surface area contributed by atoms with Crippen LogP contribution in [-0.2, 0) is 14.4 Å². The summed E-state index contributed by atoms with van der Waals surface area (Å²) in [6.45, 7) is 1.84. The lowest BCUT2D eigenvalue weighted by Crippen LogP contribution is -2.48. The smallest absolute Gasteiger partial charge is 0.267 e. The van der Waals surface area contributed by atoms with Crippen molar-refractivity contribution in [2.75, 3.05) is 32.0 Å². The molecule has 0 aliphatic carbocycles. The zero-order valence-corrected chi connectivity index (χ0v) is 15.5. The van der Waals surface area contributed by atoms with Crippen LogP contribution in [0.1, 0.15) is 25.7 Å². The number of para-hydroxylation sites is 1. The van der Waals surface area contributed by atoms with E-state index in [1.807, 2.05) is 30.3 Å². The van der Waals surface area contributed by atoms with Crippen molar-refractivity contribution in [2.45, 2.75) is 31.7 Å². The van der Waals surface area contributed by atoms with Crippen LogP contribution in [0.2, 0.25) is 0 Å². The van der Waals surface area contributed by atoms with Gasteiger partial charge in [0, 0.05) is 44.7 Å². The molecule has 1 aromatic rings. The van der Waals surface area contributed by atoms with E-state index < -0.39 is 0 Å². The molecule has 2 aliphatic heterocycles. The predicted octanol–water partition coefficient (Wildman–Crippen LogP) is 0.814. The Bertz CT molecular complexity index is 726. The molecule has 0 bridgehead atoms. The molecular formula is C19H25N5O3. The summed E-state index contributed by atoms with van der Waals surface area (Å²) in [4.78, 5) is 38.0. The Labute approximate surface area is 158 Å². The van der Waals surface area contributed by atoms with Crippen LogP contribution in [0.25, 0.3) is 0 Å². The average Bonchev–Trinajstić information content (AvgIpc) is 2.66. The van der Waals surface area contributed by atoms with E-state index >= 15 is 0 Å². The highest BCUT2D eigenvalue weighted by molar-refractivity contribution is 6.39. The maximum Gasteiger partial charge on any atom is 0.267 e. The standard InChI is InChI=1S/C19H25N5O3/c1-23-18(26)8-7-16(22-23)19(27)21-15-9-11-24(12-10-15)13-17(25)20-14-5-3-2-4-6-14/h2-6,15H,7-13H2,1H3,(H,20,25)(H,21,27). The molecule has 8 heteroatoms. The molecule has 3 amide bonds. The summed E-state index contributed by atoms with van der Waals surface area (Å²) < 4.78 is 0. The summed E-state index contributed by atoms with van der Waals surface area (Å²) in [6.07, 6.45) is 2.27. The first-order valence-corrected chi connectivity index (χ1v) is 9.23. The van der Waals surface area contributed by atoms with E-state index in [9.17, 15) is 14.4 Å². The van der Waals surface area contributed by atoms with Gasteiger partial charge in [-0.3, -0.25) is 19.3 Å². The minimum absolute atomic E-state index is 0.0343. The van der Waals surface area contributed by atoms with Crippen molar-refractivity contribution in [2.24, 2.45) is 5.10 Å². The molecule has 0 spiro atoms. The lowest BCUT2D eigenvalue weighted by atomic mass is 10.0. The van der Waals surface area contributed by atoms with Gasteiger partial charge in [-0.15, -0.1) is 0 Å². The number of hydrogen-bond acceptors (Lipinski definition) is 5. The summed E-state index contributed by atoms with van der Waals surface area (Å²) in [7, 11) is 1.56. The van der Waals surface area contributed by atoms with Crippen LogP contribution in [0.15, 0.2) is 35.4 Å². The van der Waals surface area contributed by atoms with Gasteiger partial charge in [0.25, 0.3) is 5.91 Å². The van der Waals surface area contributed by atoms with E-state index in [-0.39, 0.29) is 23.8 Å². The SMILES string of the molecule is CN1N=C(C(=O)NC2CCN(CC(=O)Nc3ccccc3)CC2)CCC1=O. The number of hydrazone groups is 1. The van der Waals surface area contributed by atoms with Crippen LogP contribution in [-0.4, -0.2) is 66.1 Å². The molecule has 1 saturated heterocycles. The summed E-state index contributed by atoms with van der Waals surface area (Å²) in [6, 6.07) is 9.46. The summed E-state index contributed by atoms with van der Waals surface area (Å²) in [5, 5.41) is 11.2. The molecule has 0 atom stereocenters. The first-order valence-electron chi connectivity index (χ1n) is 9.23. The van der Waals surface area contributed by atoms with E-state index in [0.717, 1.165) is 31.6 Å². The van der Waals surface area contributed by atoms with Gasteiger partial charge in [-0.2, -0.15) is 5.10 Å². The third-order valence-electron chi connectivity index (χ3n) is 4.82. The normalized spacial score (nSPS) is 18.8. The number of rotatable bonds is 5. The molecule has 0 radical (unpaired) electrons. The number of amides is 3. The maximum absolute atomic E-state index is 12.3. The molecule has 144 valence electrons. The van der Waals surface area contributed by atoms with Gasteiger partial charge in [0.2, 0.25) is 11.8 Å². The Morgan fingerprint density at radius 2 is 1.85 bits per heavy atom. The van der Waals surface area contributed by atoms with Gasteiger partial charge in [0.05, 0.1) is 6.54 Å². The van der Waals surface area contributed by atoms with E-state index in [0.29, 0.717) is 25.1 Å². The fourth-order valence-electron chi connectivity index (χ4n) is 3.26. The van der Waals surface area contributed by atoms with Crippen molar-refractivity contribution in [3.05, 3.63) is 30.3 Å². The fraction of sp³-hybridized carbons (Fsp3) is 0.474. The van der Waals surface area contributed by atoms with Crippen molar-refractivity contribution in [1.82, 2.24) is 15.2 Å². The highest BCUT2D eigenvalue weighted by atomic mass is 16.2. The quantitative estimate of drug-likeness (QED) is 0.801. The van der Waals surface area contributed by atoms with Crippen LogP contribution in [0.5, 0.6) is 0 Å². The van der Waals surface area contributed by atoms with Gasteiger partial charge in [-0.05, 0) is 25.0 Å². The van der Waals surface area contributed by atoms with Crippen LogP contribution < -0.4 is 10.6 Å². The van der Waals surface area contributed by atoms with E-state index in [2.05, 4.69) is 20.6 Å². The van der Waals surface area contributed by atoms with Crippen molar-refractivity contribution in [3.63, 3.8) is 0 Å². The number of anilines is 1. The average molecular weight is 371 g/mol. The van der Waals surface area contributed by atoms with E-state index in [1.54, 1.807) is 7.05 Å². The minimum atomic E-state index is -0.199. The molecule has 2 aliphatic rings. The number of nitrogens with zero attached hydrogens (tertiary/aromatic N) is 3.